The van der Waals surface area contributed by atoms with Crippen LogP contribution >= 0.6 is 0 Å². The molecule has 1 heterocycles. The third-order valence-electron chi connectivity index (χ3n) is 3.88. The Morgan fingerprint density at radius 2 is 2.03 bits per heavy atom. The Hall–Kier alpha value is -3.53. The number of carbonyl (C=O) groups excluding carboxylic acids is 2. The fraction of sp³-hybridized carbons (Fsp3) is 0.350. The second-order valence-electron chi connectivity index (χ2n) is 6.54. The van der Waals surface area contributed by atoms with Gasteiger partial charge in [-0.15, -0.1) is 0 Å². The van der Waals surface area contributed by atoms with Gasteiger partial charge in [-0.2, -0.15) is 4.99 Å². The van der Waals surface area contributed by atoms with Crippen LogP contribution in [-0.2, 0) is 11.3 Å². The Bertz CT molecular complexity index is 882. The van der Waals surface area contributed by atoms with Gasteiger partial charge in [-0.1, -0.05) is 0 Å². The van der Waals surface area contributed by atoms with E-state index in [1.807, 2.05) is 13.8 Å². The Balaban J connectivity index is 1.92. The fourth-order valence-electron chi connectivity index (χ4n) is 2.35. The minimum absolute atomic E-state index is 0.0981. The van der Waals surface area contributed by atoms with Gasteiger partial charge >= 0.3 is 0 Å². The van der Waals surface area contributed by atoms with Gasteiger partial charge in [0.2, 0.25) is 0 Å². The van der Waals surface area contributed by atoms with Crippen LogP contribution < -0.4 is 21.7 Å². The van der Waals surface area contributed by atoms with Crippen LogP contribution in [0, 0.1) is 0 Å². The lowest BCUT2D eigenvalue weighted by molar-refractivity contribution is 0.0746. The summed E-state index contributed by atoms with van der Waals surface area (Å²) in [5.74, 6) is 0.122. The SMILES string of the molecule is CN/C(N)=N\c1ncc(CNc2ccc(C(=O)NCCOC(C)C)cc2)nc1C=O. The number of aromatic nitrogens is 2. The molecule has 0 atom stereocenters. The molecule has 2 rings (SSSR count). The van der Waals surface area contributed by atoms with E-state index in [-0.39, 0.29) is 29.5 Å². The summed E-state index contributed by atoms with van der Waals surface area (Å²) < 4.78 is 5.40. The van der Waals surface area contributed by atoms with Crippen molar-refractivity contribution in [3.05, 3.63) is 47.4 Å². The molecule has 0 aliphatic carbocycles. The molecule has 1 amide bonds. The summed E-state index contributed by atoms with van der Waals surface area (Å²) in [4.78, 5) is 35.7. The van der Waals surface area contributed by atoms with Gasteiger partial charge in [0, 0.05) is 24.8 Å². The van der Waals surface area contributed by atoms with Crippen LogP contribution in [-0.4, -0.2) is 54.4 Å². The van der Waals surface area contributed by atoms with E-state index < -0.39 is 0 Å². The maximum absolute atomic E-state index is 12.1. The van der Waals surface area contributed by atoms with Crippen LogP contribution in [0.3, 0.4) is 0 Å². The van der Waals surface area contributed by atoms with Crippen molar-refractivity contribution in [1.82, 2.24) is 20.6 Å². The third kappa shape index (κ3) is 7.13. The monoisotopic (exact) mass is 413 g/mol. The van der Waals surface area contributed by atoms with E-state index in [1.54, 1.807) is 31.3 Å². The molecule has 160 valence electrons. The van der Waals surface area contributed by atoms with Crippen molar-refractivity contribution < 1.29 is 14.3 Å². The normalized spacial score (nSPS) is 11.3. The fourth-order valence-corrected chi connectivity index (χ4v) is 2.35. The summed E-state index contributed by atoms with van der Waals surface area (Å²) in [7, 11) is 1.61. The maximum atomic E-state index is 12.1. The highest BCUT2D eigenvalue weighted by molar-refractivity contribution is 5.94. The number of ether oxygens (including phenoxy) is 1. The van der Waals surface area contributed by atoms with E-state index in [0.717, 1.165) is 5.69 Å². The molecule has 0 bridgehead atoms. The van der Waals surface area contributed by atoms with E-state index in [4.69, 9.17) is 10.5 Å². The van der Waals surface area contributed by atoms with Crippen molar-refractivity contribution in [1.29, 1.82) is 0 Å². The first-order chi connectivity index (χ1) is 14.4. The first-order valence-corrected chi connectivity index (χ1v) is 9.49. The number of nitrogens with zero attached hydrogens (tertiary/aromatic N) is 3. The summed E-state index contributed by atoms with van der Waals surface area (Å²) in [5, 5.41) is 8.63. The number of hydrogen-bond acceptors (Lipinski definition) is 7. The van der Waals surface area contributed by atoms with Crippen molar-refractivity contribution in [2.75, 3.05) is 25.5 Å². The minimum Gasteiger partial charge on any atom is -0.379 e. The zero-order valence-corrected chi connectivity index (χ0v) is 17.3. The zero-order valence-electron chi connectivity index (χ0n) is 17.3. The van der Waals surface area contributed by atoms with Crippen LogP contribution in [0.25, 0.3) is 0 Å². The van der Waals surface area contributed by atoms with E-state index in [1.165, 1.54) is 6.20 Å². The Kier molecular flexibility index (Phi) is 8.70. The maximum Gasteiger partial charge on any atom is 0.251 e. The lowest BCUT2D eigenvalue weighted by Gasteiger charge is -2.10. The van der Waals surface area contributed by atoms with Crippen molar-refractivity contribution in [3.8, 4) is 0 Å². The number of amides is 1. The number of hydrogen-bond donors (Lipinski definition) is 4. The average Bonchev–Trinajstić information content (AvgIpc) is 2.75. The van der Waals surface area contributed by atoms with Gasteiger partial charge in [0.1, 0.15) is 5.69 Å². The molecule has 2 aromatic rings. The predicted molar refractivity (Wildman–Crippen MR) is 115 cm³/mol. The highest BCUT2D eigenvalue weighted by atomic mass is 16.5. The summed E-state index contributed by atoms with van der Waals surface area (Å²) in [6, 6.07) is 7.03. The molecule has 0 aliphatic rings. The molecule has 0 saturated carbocycles. The van der Waals surface area contributed by atoms with Crippen LogP contribution in [0.1, 0.15) is 40.4 Å². The minimum atomic E-state index is -0.160. The van der Waals surface area contributed by atoms with Crippen molar-refractivity contribution >= 4 is 29.7 Å². The molecule has 0 aliphatic heterocycles. The molecule has 5 N–H and O–H groups in total. The van der Waals surface area contributed by atoms with E-state index in [0.29, 0.717) is 37.2 Å². The van der Waals surface area contributed by atoms with E-state index in [2.05, 4.69) is 30.9 Å². The molecule has 1 aromatic heterocycles. The summed E-state index contributed by atoms with van der Waals surface area (Å²) in [5.41, 5.74) is 7.60. The molecule has 0 unspecified atom stereocenters. The number of guanidine groups is 1. The third-order valence-corrected chi connectivity index (χ3v) is 3.88. The second kappa shape index (κ2) is 11.5. The number of rotatable bonds is 10. The number of aldehydes is 1. The molecule has 10 heteroatoms. The van der Waals surface area contributed by atoms with Crippen LogP contribution in [0.2, 0.25) is 0 Å². The highest BCUT2D eigenvalue weighted by Crippen LogP contribution is 2.14. The smallest absolute Gasteiger partial charge is 0.251 e. The number of benzene rings is 1. The zero-order chi connectivity index (χ0) is 21.9. The molecule has 0 radical (unpaired) electrons. The Labute approximate surface area is 175 Å². The van der Waals surface area contributed by atoms with Gasteiger partial charge in [-0.05, 0) is 38.1 Å². The molecular weight excluding hydrogens is 386 g/mol. The molecule has 30 heavy (non-hydrogen) atoms. The Morgan fingerprint density at radius 3 is 2.67 bits per heavy atom. The van der Waals surface area contributed by atoms with Crippen LogP contribution in [0.4, 0.5) is 11.5 Å². The van der Waals surface area contributed by atoms with E-state index >= 15 is 0 Å². The topological polar surface area (TPSA) is 144 Å². The predicted octanol–water partition coefficient (Wildman–Crippen LogP) is 1.22. The summed E-state index contributed by atoms with van der Waals surface area (Å²) >= 11 is 0. The largest absolute Gasteiger partial charge is 0.379 e. The van der Waals surface area contributed by atoms with E-state index in [9.17, 15) is 9.59 Å². The number of carbonyl (C=O) groups is 2. The molecule has 0 fully saturated rings. The van der Waals surface area contributed by atoms with Gasteiger partial charge in [0.15, 0.2) is 18.1 Å². The van der Waals surface area contributed by atoms with Gasteiger partial charge in [0.25, 0.3) is 5.91 Å². The number of aliphatic imine (C=N–C) groups is 1. The van der Waals surface area contributed by atoms with Crippen molar-refractivity contribution in [2.24, 2.45) is 10.7 Å². The van der Waals surface area contributed by atoms with Gasteiger partial charge in [0.05, 0.1) is 31.1 Å². The van der Waals surface area contributed by atoms with Gasteiger partial charge in [-0.3, -0.25) is 9.59 Å². The lowest BCUT2D eigenvalue weighted by atomic mass is 10.2. The molecule has 1 aromatic carbocycles. The first kappa shape index (κ1) is 22.8. The molecule has 0 spiro atoms. The average molecular weight is 413 g/mol. The second-order valence-corrected chi connectivity index (χ2v) is 6.54. The summed E-state index contributed by atoms with van der Waals surface area (Å²) in [6.45, 7) is 5.16. The van der Waals surface area contributed by atoms with Crippen LogP contribution in [0.15, 0.2) is 35.5 Å². The molecule has 10 nitrogen and oxygen atoms in total. The first-order valence-electron chi connectivity index (χ1n) is 9.49. The lowest BCUT2D eigenvalue weighted by Crippen LogP contribution is -2.28. The van der Waals surface area contributed by atoms with Crippen LogP contribution in [0.5, 0.6) is 0 Å². The Morgan fingerprint density at radius 1 is 1.30 bits per heavy atom. The quantitative estimate of drug-likeness (QED) is 0.197. The summed E-state index contributed by atoms with van der Waals surface area (Å²) in [6.07, 6.45) is 2.23. The van der Waals surface area contributed by atoms with Gasteiger partial charge in [-0.25, -0.2) is 9.97 Å². The number of anilines is 1. The highest BCUT2D eigenvalue weighted by Gasteiger charge is 2.08. The number of nitrogens with two attached hydrogens (primary N) is 1. The number of nitrogens with one attached hydrogen (secondary N) is 3. The standard InChI is InChI=1S/C20H27N7O3/c1-13(2)30-9-8-23-19(29)14-4-6-15(7-5-14)24-10-16-11-25-18(17(12-28)26-16)27-20(21)22-3/h4-7,11-13,24H,8-10H2,1-3H3,(H,23,29)(H3,21,22,25,27). The van der Waals surface area contributed by atoms with Gasteiger partial charge < -0.3 is 26.4 Å². The molecule has 0 saturated heterocycles. The van der Waals surface area contributed by atoms with Crippen molar-refractivity contribution in [3.63, 3.8) is 0 Å². The molecular formula is C20H27N7O3. The van der Waals surface area contributed by atoms with Crippen molar-refractivity contribution in [2.45, 2.75) is 26.5 Å².